The molecule has 4 nitrogen and oxygen atoms in total. The smallest absolute Gasteiger partial charge is 0.213 e. The fourth-order valence-corrected chi connectivity index (χ4v) is 4.19. The van der Waals surface area contributed by atoms with Gasteiger partial charge in [-0.15, -0.1) is 0 Å². The van der Waals surface area contributed by atoms with Gasteiger partial charge in [-0.25, -0.2) is 9.97 Å². The number of aromatic amines is 1. The molecule has 1 N–H and O–H groups in total. The molecule has 1 unspecified atom stereocenters. The van der Waals surface area contributed by atoms with Crippen LogP contribution in [0.15, 0.2) is 30.5 Å². The zero-order valence-electron chi connectivity index (χ0n) is 15.9. The van der Waals surface area contributed by atoms with Crippen molar-refractivity contribution in [2.24, 2.45) is 0 Å². The maximum Gasteiger partial charge on any atom is 0.213 e. The third-order valence-corrected chi connectivity index (χ3v) is 5.70. The number of hydrogen-bond donors (Lipinski definition) is 1. The summed E-state index contributed by atoms with van der Waals surface area (Å²) in [6.45, 7) is 8.92. The molecule has 6 heteroatoms. The van der Waals surface area contributed by atoms with Gasteiger partial charge in [-0.3, -0.25) is 4.90 Å². The molecule has 27 heavy (non-hydrogen) atoms. The molecule has 4 heterocycles. The fraction of sp³-hybridized carbons (Fsp3) is 0.429. The van der Waals surface area contributed by atoms with Gasteiger partial charge in [0.25, 0.3) is 0 Å². The normalized spacial score (nSPS) is 18.9. The molecule has 0 aromatic carbocycles. The van der Waals surface area contributed by atoms with Crippen molar-refractivity contribution in [3.63, 3.8) is 0 Å². The molecule has 0 aliphatic carbocycles. The van der Waals surface area contributed by atoms with E-state index in [1.54, 1.807) is 18.3 Å². The summed E-state index contributed by atoms with van der Waals surface area (Å²) in [6, 6.07) is 6.88. The topological polar surface area (TPSA) is 44.8 Å². The van der Waals surface area contributed by atoms with Crippen molar-refractivity contribution in [1.82, 2.24) is 19.9 Å². The average molecular weight is 387 g/mol. The van der Waals surface area contributed by atoms with Crippen molar-refractivity contribution < 1.29 is 4.39 Å². The first-order chi connectivity index (χ1) is 12.8. The number of pyridine rings is 2. The summed E-state index contributed by atoms with van der Waals surface area (Å²) < 4.78 is 13.7. The molecule has 0 bridgehead atoms. The van der Waals surface area contributed by atoms with Crippen LogP contribution in [0.2, 0.25) is 5.02 Å². The summed E-state index contributed by atoms with van der Waals surface area (Å²) in [5, 5.41) is 1.37. The predicted octanol–water partition coefficient (Wildman–Crippen LogP) is 5.40. The van der Waals surface area contributed by atoms with Gasteiger partial charge in [0.1, 0.15) is 5.65 Å². The number of nitrogens with one attached hydrogen (secondary N) is 1. The van der Waals surface area contributed by atoms with E-state index in [0.717, 1.165) is 41.8 Å². The van der Waals surface area contributed by atoms with Crippen LogP contribution in [0.25, 0.3) is 22.3 Å². The molecule has 3 aromatic rings. The Hall–Kier alpha value is -1.98. The molecule has 1 fully saturated rings. The molecule has 0 radical (unpaired) electrons. The Morgan fingerprint density at radius 1 is 1.30 bits per heavy atom. The highest BCUT2D eigenvalue weighted by atomic mass is 35.5. The number of hydrogen-bond acceptors (Lipinski definition) is 3. The van der Waals surface area contributed by atoms with E-state index in [-0.39, 0.29) is 5.54 Å². The third kappa shape index (κ3) is 3.58. The summed E-state index contributed by atoms with van der Waals surface area (Å²) >= 11 is 6.42. The van der Waals surface area contributed by atoms with Gasteiger partial charge in [-0.2, -0.15) is 4.39 Å². The minimum atomic E-state index is -0.516. The summed E-state index contributed by atoms with van der Waals surface area (Å²) in [5.41, 5.74) is 3.34. The van der Waals surface area contributed by atoms with Crippen molar-refractivity contribution >= 4 is 22.6 Å². The molecular weight excluding hydrogens is 363 g/mol. The lowest BCUT2D eigenvalue weighted by Crippen LogP contribution is -2.46. The van der Waals surface area contributed by atoms with Gasteiger partial charge in [0.15, 0.2) is 0 Å². The Bertz CT molecular complexity index is 976. The van der Waals surface area contributed by atoms with E-state index in [0.29, 0.717) is 16.6 Å². The largest absolute Gasteiger partial charge is 0.343 e. The van der Waals surface area contributed by atoms with Crippen LogP contribution in [0.5, 0.6) is 0 Å². The maximum atomic E-state index is 13.7. The number of halogens is 2. The van der Waals surface area contributed by atoms with E-state index >= 15 is 0 Å². The number of nitrogens with zero attached hydrogens (tertiary/aromatic N) is 3. The molecule has 0 saturated carbocycles. The first-order valence-electron chi connectivity index (χ1n) is 9.38. The van der Waals surface area contributed by atoms with Gasteiger partial charge >= 0.3 is 0 Å². The molecule has 4 rings (SSSR count). The highest BCUT2D eigenvalue weighted by molar-refractivity contribution is 6.34. The Morgan fingerprint density at radius 3 is 2.85 bits per heavy atom. The first kappa shape index (κ1) is 18.4. The molecule has 0 spiro atoms. The van der Waals surface area contributed by atoms with Gasteiger partial charge in [0.2, 0.25) is 5.95 Å². The van der Waals surface area contributed by atoms with E-state index < -0.39 is 5.95 Å². The van der Waals surface area contributed by atoms with E-state index in [2.05, 4.69) is 46.7 Å². The van der Waals surface area contributed by atoms with Gasteiger partial charge < -0.3 is 4.98 Å². The molecule has 3 aromatic heterocycles. The SMILES string of the molecule is CC(C)(C)N1CCCC(c2cc3c(-c4cccc(F)n4)c(Cl)cnc3[nH]2)C1. The van der Waals surface area contributed by atoms with Crippen molar-refractivity contribution in [3.05, 3.63) is 47.1 Å². The van der Waals surface area contributed by atoms with Crippen LogP contribution < -0.4 is 0 Å². The Labute approximate surface area is 163 Å². The molecule has 142 valence electrons. The molecule has 0 amide bonds. The minimum absolute atomic E-state index is 0.156. The lowest BCUT2D eigenvalue weighted by atomic mass is 9.91. The molecule has 1 aliphatic rings. The van der Waals surface area contributed by atoms with Crippen molar-refractivity contribution in [2.75, 3.05) is 13.1 Å². The second kappa shape index (κ2) is 6.88. The minimum Gasteiger partial charge on any atom is -0.343 e. The summed E-state index contributed by atoms with van der Waals surface area (Å²) in [5.74, 6) is -0.100. The molecule has 1 aliphatic heterocycles. The quantitative estimate of drug-likeness (QED) is 0.600. The van der Waals surface area contributed by atoms with Crippen LogP contribution in [-0.2, 0) is 0 Å². The predicted molar refractivity (Wildman–Crippen MR) is 108 cm³/mol. The number of likely N-dealkylation sites (tertiary alicyclic amines) is 1. The molecular formula is C21H24ClFN4. The Morgan fingerprint density at radius 2 is 2.11 bits per heavy atom. The van der Waals surface area contributed by atoms with E-state index in [1.165, 1.54) is 12.5 Å². The van der Waals surface area contributed by atoms with Crippen LogP contribution in [0.4, 0.5) is 4.39 Å². The van der Waals surface area contributed by atoms with Crippen LogP contribution in [0, 0.1) is 5.95 Å². The zero-order chi connectivity index (χ0) is 19.2. The lowest BCUT2D eigenvalue weighted by molar-refractivity contribution is 0.0979. The number of aromatic nitrogens is 3. The lowest BCUT2D eigenvalue weighted by Gasteiger charge is -2.41. The fourth-order valence-electron chi connectivity index (χ4n) is 3.94. The van der Waals surface area contributed by atoms with Crippen LogP contribution in [-0.4, -0.2) is 38.5 Å². The highest BCUT2D eigenvalue weighted by Gasteiger charge is 2.29. The third-order valence-electron chi connectivity index (χ3n) is 5.41. The zero-order valence-corrected chi connectivity index (χ0v) is 16.6. The number of rotatable bonds is 2. The number of H-pyrrole nitrogens is 1. The highest BCUT2D eigenvalue weighted by Crippen LogP contribution is 2.37. The summed E-state index contributed by atoms with van der Waals surface area (Å²) in [7, 11) is 0. The van der Waals surface area contributed by atoms with Gasteiger partial charge in [0, 0.05) is 40.8 Å². The monoisotopic (exact) mass is 386 g/mol. The van der Waals surface area contributed by atoms with Crippen LogP contribution >= 0.6 is 11.6 Å². The summed E-state index contributed by atoms with van der Waals surface area (Å²) in [6.07, 6.45) is 3.92. The van der Waals surface area contributed by atoms with Crippen molar-refractivity contribution in [3.8, 4) is 11.3 Å². The Kier molecular flexibility index (Phi) is 4.68. The van der Waals surface area contributed by atoms with E-state index in [4.69, 9.17) is 11.6 Å². The van der Waals surface area contributed by atoms with Gasteiger partial charge in [0.05, 0.1) is 10.7 Å². The van der Waals surface area contributed by atoms with Crippen molar-refractivity contribution in [1.29, 1.82) is 0 Å². The molecule has 1 saturated heterocycles. The summed E-state index contributed by atoms with van der Waals surface area (Å²) in [4.78, 5) is 14.5. The number of piperidine rings is 1. The van der Waals surface area contributed by atoms with Gasteiger partial charge in [-0.05, 0) is 58.4 Å². The average Bonchev–Trinajstić information content (AvgIpc) is 3.05. The van der Waals surface area contributed by atoms with Gasteiger partial charge in [-0.1, -0.05) is 17.7 Å². The maximum absolute atomic E-state index is 13.7. The van der Waals surface area contributed by atoms with Crippen molar-refractivity contribution in [2.45, 2.75) is 45.1 Å². The Balaban J connectivity index is 1.76. The second-order valence-corrected chi connectivity index (χ2v) is 8.68. The van der Waals surface area contributed by atoms with E-state index in [9.17, 15) is 4.39 Å². The molecule has 1 atom stereocenters. The second-order valence-electron chi connectivity index (χ2n) is 8.27. The van der Waals surface area contributed by atoms with E-state index in [1.807, 2.05) is 0 Å². The van der Waals surface area contributed by atoms with Crippen LogP contribution in [0.1, 0.15) is 45.2 Å². The first-order valence-corrected chi connectivity index (χ1v) is 9.76. The number of fused-ring (bicyclic) bond motifs is 1. The standard InChI is InChI=1S/C21H24ClFN4/c1-21(2,3)27-9-5-6-13(12-27)17-10-14-19(15(22)11-24-20(14)26-17)16-7-4-8-18(23)25-16/h4,7-8,10-11,13H,5-6,9,12H2,1-3H3,(H,24,26). The van der Waals surface area contributed by atoms with Crippen LogP contribution in [0.3, 0.4) is 0 Å².